The number of anilines is 1. The lowest BCUT2D eigenvalue weighted by Gasteiger charge is -2.30. The van der Waals surface area contributed by atoms with Gasteiger partial charge in [0, 0.05) is 18.8 Å². The van der Waals surface area contributed by atoms with Crippen LogP contribution in [-0.4, -0.2) is 35.8 Å². The minimum absolute atomic E-state index is 0.0250. The molecule has 0 radical (unpaired) electrons. The molecule has 1 fully saturated rings. The number of amides is 2. The van der Waals surface area contributed by atoms with E-state index in [9.17, 15) is 14.4 Å². The van der Waals surface area contributed by atoms with Crippen LogP contribution >= 0.6 is 22.7 Å². The summed E-state index contributed by atoms with van der Waals surface area (Å²) in [5.41, 5.74) is 0.633. The van der Waals surface area contributed by atoms with E-state index >= 15 is 0 Å². The smallest absolute Gasteiger partial charge is 0.314 e. The first-order chi connectivity index (χ1) is 14.6. The topological polar surface area (TPSA) is 75.7 Å². The molecule has 2 amide bonds. The normalized spacial score (nSPS) is 14.3. The predicted molar refractivity (Wildman–Crippen MR) is 117 cm³/mol. The molecule has 8 heteroatoms. The molecule has 0 unspecified atom stereocenters. The molecule has 1 N–H and O–H groups in total. The number of nitrogens with zero attached hydrogens (tertiary/aromatic N) is 1. The molecule has 6 nitrogen and oxygen atoms in total. The minimum atomic E-state index is -0.284. The molecular weight excluding hydrogens is 420 g/mol. The van der Waals surface area contributed by atoms with Gasteiger partial charge in [-0.25, -0.2) is 0 Å². The Balaban J connectivity index is 1.27. The SMILES string of the molecule is O=C(Nc1ccc(OC(=O)C2CCN(C(=O)c3cccs3)CC2)cc1)c1cccs1. The highest BCUT2D eigenvalue weighted by Crippen LogP contribution is 2.24. The second kappa shape index (κ2) is 9.23. The Bertz CT molecular complexity index is 1010. The van der Waals surface area contributed by atoms with E-state index in [1.165, 1.54) is 22.7 Å². The lowest BCUT2D eigenvalue weighted by atomic mass is 9.97. The third kappa shape index (κ3) is 4.77. The maximum atomic E-state index is 12.5. The van der Waals surface area contributed by atoms with E-state index in [1.54, 1.807) is 35.2 Å². The fraction of sp³-hybridized carbons (Fsp3) is 0.227. The first kappa shape index (κ1) is 20.3. The number of benzene rings is 1. The molecule has 0 bridgehead atoms. The average Bonchev–Trinajstić information content (AvgIpc) is 3.49. The van der Waals surface area contributed by atoms with Crippen molar-refractivity contribution < 1.29 is 19.1 Å². The highest BCUT2D eigenvalue weighted by Gasteiger charge is 2.29. The number of hydrogen-bond donors (Lipinski definition) is 1. The lowest BCUT2D eigenvalue weighted by Crippen LogP contribution is -2.40. The number of rotatable bonds is 5. The number of carbonyl (C=O) groups excluding carboxylic acids is 3. The number of esters is 1. The summed E-state index contributed by atoms with van der Waals surface area (Å²) in [6.07, 6.45) is 1.18. The van der Waals surface area contributed by atoms with Crippen molar-refractivity contribution in [3.8, 4) is 5.75 Å². The largest absolute Gasteiger partial charge is 0.426 e. The van der Waals surface area contributed by atoms with E-state index in [-0.39, 0.29) is 23.7 Å². The third-order valence-corrected chi connectivity index (χ3v) is 6.65. The van der Waals surface area contributed by atoms with Gasteiger partial charge in [-0.1, -0.05) is 12.1 Å². The van der Waals surface area contributed by atoms with Gasteiger partial charge < -0.3 is 15.0 Å². The standard InChI is InChI=1S/C22H20N2O4S2/c25-20(18-3-1-13-29-18)23-16-5-7-17(8-6-16)28-22(27)15-9-11-24(12-10-15)21(26)19-4-2-14-30-19/h1-8,13-15H,9-12H2,(H,23,25). The van der Waals surface area contributed by atoms with Crippen molar-refractivity contribution in [3.05, 3.63) is 69.0 Å². The van der Waals surface area contributed by atoms with Crippen molar-refractivity contribution in [1.29, 1.82) is 0 Å². The zero-order chi connectivity index (χ0) is 20.9. The van der Waals surface area contributed by atoms with Crippen LogP contribution in [0.25, 0.3) is 0 Å². The number of ether oxygens (including phenoxy) is 1. The first-order valence-corrected chi connectivity index (χ1v) is 11.4. The molecular formula is C22H20N2O4S2. The van der Waals surface area contributed by atoms with E-state index in [1.807, 2.05) is 29.0 Å². The van der Waals surface area contributed by atoms with E-state index in [4.69, 9.17) is 4.74 Å². The maximum absolute atomic E-state index is 12.5. The van der Waals surface area contributed by atoms with Gasteiger partial charge in [-0.15, -0.1) is 22.7 Å². The summed E-state index contributed by atoms with van der Waals surface area (Å²) in [6.45, 7) is 1.09. The van der Waals surface area contributed by atoms with Crippen molar-refractivity contribution >= 4 is 46.1 Å². The Labute approximate surface area is 182 Å². The van der Waals surface area contributed by atoms with Crippen molar-refractivity contribution in [3.63, 3.8) is 0 Å². The molecule has 30 heavy (non-hydrogen) atoms. The van der Waals surface area contributed by atoms with Crippen molar-refractivity contribution in [2.75, 3.05) is 18.4 Å². The molecule has 4 rings (SSSR count). The quantitative estimate of drug-likeness (QED) is 0.468. The number of hydrogen-bond acceptors (Lipinski definition) is 6. The summed E-state index contributed by atoms with van der Waals surface area (Å²) in [5, 5.41) is 6.54. The third-order valence-electron chi connectivity index (χ3n) is 4.92. The van der Waals surface area contributed by atoms with Crippen LogP contribution in [0.4, 0.5) is 5.69 Å². The van der Waals surface area contributed by atoms with E-state index in [2.05, 4.69) is 5.32 Å². The second-order valence-electron chi connectivity index (χ2n) is 6.92. The molecule has 1 aromatic carbocycles. The summed E-state index contributed by atoms with van der Waals surface area (Å²) in [5.74, 6) is -0.217. The Kier molecular flexibility index (Phi) is 6.25. The number of nitrogens with one attached hydrogen (secondary N) is 1. The van der Waals surface area contributed by atoms with E-state index in [0.717, 1.165) is 4.88 Å². The fourth-order valence-electron chi connectivity index (χ4n) is 3.28. The van der Waals surface area contributed by atoms with Crippen LogP contribution in [0.5, 0.6) is 5.75 Å². The molecule has 0 atom stereocenters. The van der Waals surface area contributed by atoms with Crippen molar-refractivity contribution in [1.82, 2.24) is 4.90 Å². The van der Waals surface area contributed by atoms with Crippen LogP contribution in [-0.2, 0) is 4.79 Å². The van der Waals surface area contributed by atoms with Gasteiger partial charge >= 0.3 is 5.97 Å². The summed E-state index contributed by atoms with van der Waals surface area (Å²) < 4.78 is 5.50. The molecule has 3 heterocycles. The molecule has 1 saturated heterocycles. The molecule has 1 aliphatic rings. The summed E-state index contributed by atoms with van der Waals surface area (Å²) in [6, 6.07) is 14.0. The number of carbonyl (C=O) groups is 3. The average molecular weight is 441 g/mol. The molecule has 0 saturated carbocycles. The van der Waals surface area contributed by atoms with Crippen molar-refractivity contribution in [2.45, 2.75) is 12.8 Å². The zero-order valence-electron chi connectivity index (χ0n) is 16.1. The van der Waals surface area contributed by atoms with Crippen LogP contribution < -0.4 is 10.1 Å². The van der Waals surface area contributed by atoms with E-state index in [0.29, 0.717) is 42.2 Å². The van der Waals surface area contributed by atoms with Gasteiger partial charge in [-0.3, -0.25) is 14.4 Å². The van der Waals surface area contributed by atoms with Gasteiger partial charge in [0.2, 0.25) is 0 Å². The monoisotopic (exact) mass is 440 g/mol. The fourth-order valence-corrected chi connectivity index (χ4v) is 4.59. The Morgan fingerprint density at radius 1 is 0.900 bits per heavy atom. The molecule has 1 aliphatic heterocycles. The highest BCUT2D eigenvalue weighted by atomic mass is 32.1. The highest BCUT2D eigenvalue weighted by molar-refractivity contribution is 7.12. The minimum Gasteiger partial charge on any atom is -0.426 e. The molecule has 3 aromatic rings. The van der Waals surface area contributed by atoms with Crippen LogP contribution in [0.2, 0.25) is 0 Å². The van der Waals surface area contributed by atoms with Crippen LogP contribution in [0.3, 0.4) is 0 Å². The first-order valence-electron chi connectivity index (χ1n) is 9.59. The Hall–Kier alpha value is -2.97. The predicted octanol–water partition coefficient (Wildman–Crippen LogP) is 4.52. The van der Waals surface area contributed by atoms with Gasteiger partial charge in [0.1, 0.15) is 5.75 Å². The Morgan fingerprint density at radius 3 is 2.13 bits per heavy atom. The Morgan fingerprint density at radius 2 is 1.53 bits per heavy atom. The number of likely N-dealkylation sites (tertiary alicyclic amines) is 1. The number of piperidine rings is 1. The number of thiophene rings is 2. The van der Waals surface area contributed by atoms with Gasteiger partial charge in [0.05, 0.1) is 15.7 Å². The van der Waals surface area contributed by atoms with Crippen LogP contribution in [0.1, 0.15) is 32.2 Å². The molecule has 2 aromatic heterocycles. The van der Waals surface area contributed by atoms with Gasteiger partial charge in [0.25, 0.3) is 11.8 Å². The summed E-state index contributed by atoms with van der Waals surface area (Å²) >= 11 is 2.80. The summed E-state index contributed by atoms with van der Waals surface area (Å²) in [7, 11) is 0. The molecule has 154 valence electrons. The van der Waals surface area contributed by atoms with Gasteiger partial charge in [0.15, 0.2) is 0 Å². The van der Waals surface area contributed by atoms with Crippen LogP contribution in [0.15, 0.2) is 59.3 Å². The van der Waals surface area contributed by atoms with Crippen molar-refractivity contribution in [2.24, 2.45) is 5.92 Å². The maximum Gasteiger partial charge on any atom is 0.314 e. The van der Waals surface area contributed by atoms with Gasteiger partial charge in [-0.05, 0) is 60.0 Å². The van der Waals surface area contributed by atoms with Crippen LogP contribution in [0, 0.1) is 5.92 Å². The summed E-state index contributed by atoms with van der Waals surface area (Å²) in [4.78, 5) is 40.1. The van der Waals surface area contributed by atoms with E-state index < -0.39 is 0 Å². The van der Waals surface area contributed by atoms with Gasteiger partial charge in [-0.2, -0.15) is 0 Å². The lowest BCUT2D eigenvalue weighted by molar-refractivity contribution is -0.140. The molecule has 0 aliphatic carbocycles. The zero-order valence-corrected chi connectivity index (χ0v) is 17.7. The molecule has 0 spiro atoms. The second-order valence-corrected chi connectivity index (χ2v) is 8.82.